The fourth-order valence-electron chi connectivity index (χ4n) is 0.999. The lowest BCUT2D eigenvalue weighted by molar-refractivity contribution is 0.298. The van der Waals surface area contributed by atoms with E-state index in [1.54, 1.807) is 6.92 Å². The molecule has 1 rings (SSSR count). The molecule has 78 valence electrons. The van der Waals surface area contributed by atoms with Crippen molar-refractivity contribution in [2.75, 3.05) is 18.1 Å². The lowest BCUT2D eigenvalue weighted by atomic mass is 10.4. The quantitative estimate of drug-likeness (QED) is 0.705. The van der Waals surface area contributed by atoms with Crippen LogP contribution in [0.5, 0.6) is 5.88 Å². The Morgan fingerprint density at radius 1 is 1.29 bits per heavy atom. The number of aromatic nitrogens is 2. The lowest BCUT2D eigenvalue weighted by Crippen LogP contribution is -2.07. The number of ether oxygens (including phenoxy) is 1. The van der Waals surface area contributed by atoms with Gasteiger partial charge in [0, 0.05) is 0 Å². The van der Waals surface area contributed by atoms with E-state index in [2.05, 4.69) is 16.9 Å². The molecule has 0 atom stereocenters. The lowest BCUT2D eigenvalue weighted by Gasteiger charge is -2.08. The molecule has 1 aromatic rings. The first-order valence-corrected chi connectivity index (χ1v) is 4.67. The summed E-state index contributed by atoms with van der Waals surface area (Å²) in [6, 6.07) is 0. The van der Waals surface area contributed by atoms with Crippen LogP contribution in [0.4, 0.5) is 11.5 Å². The van der Waals surface area contributed by atoms with Crippen LogP contribution in [-0.2, 0) is 0 Å². The van der Waals surface area contributed by atoms with Crippen molar-refractivity contribution in [2.24, 2.45) is 0 Å². The van der Waals surface area contributed by atoms with Gasteiger partial charge in [0.05, 0.1) is 6.61 Å². The Kier molecular flexibility index (Phi) is 3.50. The Morgan fingerprint density at radius 2 is 2.00 bits per heavy atom. The van der Waals surface area contributed by atoms with Gasteiger partial charge in [-0.05, 0) is 13.3 Å². The number of nitrogens with zero attached hydrogens (tertiary/aromatic N) is 2. The van der Waals surface area contributed by atoms with Crippen LogP contribution in [-0.4, -0.2) is 16.6 Å². The summed E-state index contributed by atoms with van der Waals surface area (Å²) in [5.41, 5.74) is 11.6. The summed E-state index contributed by atoms with van der Waals surface area (Å²) in [6.45, 7) is 4.45. The van der Waals surface area contributed by atoms with Gasteiger partial charge in [0.25, 0.3) is 0 Å². The van der Waals surface area contributed by atoms with Crippen LogP contribution < -0.4 is 16.2 Å². The van der Waals surface area contributed by atoms with Gasteiger partial charge in [-0.2, -0.15) is 4.98 Å². The number of nitrogens with two attached hydrogens (primary N) is 2. The van der Waals surface area contributed by atoms with Crippen molar-refractivity contribution < 1.29 is 4.74 Å². The highest BCUT2D eigenvalue weighted by atomic mass is 16.5. The van der Waals surface area contributed by atoms with Crippen molar-refractivity contribution in [1.82, 2.24) is 9.97 Å². The van der Waals surface area contributed by atoms with E-state index in [0.29, 0.717) is 24.0 Å². The Hall–Kier alpha value is -1.52. The Morgan fingerprint density at radius 3 is 2.64 bits per heavy atom. The first-order valence-electron chi connectivity index (χ1n) is 4.67. The largest absolute Gasteiger partial charge is 0.476 e. The molecule has 0 amide bonds. The van der Waals surface area contributed by atoms with Crippen molar-refractivity contribution in [3.05, 3.63) is 5.82 Å². The Bertz CT molecular complexity index is 314. The number of rotatable bonds is 4. The minimum Gasteiger partial charge on any atom is -0.476 e. The summed E-state index contributed by atoms with van der Waals surface area (Å²) in [4.78, 5) is 7.99. The van der Waals surface area contributed by atoms with Crippen LogP contribution in [0.1, 0.15) is 25.6 Å². The highest BCUT2D eigenvalue weighted by Crippen LogP contribution is 2.23. The third-order valence-corrected chi connectivity index (χ3v) is 1.79. The molecule has 14 heavy (non-hydrogen) atoms. The second kappa shape index (κ2) is 4.64. The third-order valence-electron chi connectivity index (χ3n) is 1.79. The first-order chi connectivity index (χ1) is 6.65. The van der Waals surface area contributed by atoms with Gasteiger partial charge in [-0.25, -0.2) is 4.98 Å². The first kappa shape index (κ1) is 10.6. The van der Waals surface area contributed by atoms with Gasteiger partial charge >= 0.3 is 0 Å². The number of nitrogen functional groups attached to an aromatic ring is 2. The molecule has 0 spiro atoms. The standard InChI is InChI=1S/C9H16N4O/c1-3-4-5-14-9-7(10)8(11)12-6(2)13-9/h3-5,10H2,1-2H3,(H2,11,12,13). The number of unbranched alkanes of at least 4 members (excludes halogenated alkanes) is 1. The molecular weight excluding hydrogens is 180 g/mol. The van der Waals surface area contributed by atoms with E-state index in [-0.39, 0.29) is 5.82 Å². The molecule has 0 aromatic carbocycles. The van der Waals surface area contributed by atoms with Crippen LogP contribution >= 0.6 is 0 Å². The average molecular weight is 196 g/mol. The zero-order valence-electron chi connectivity index (χ0n) is 8.58. The summed E-state index contributed by atoms with van der Waals surface area (Å²) in [5.74, 6) is 1.25. The van der Waals surface area contributed by atoms with E-state index < -0.39 is 0 Å². The van der Waals surface area contributed by atoms with Gasteiger partial charge in [0.15, 0.2) is 5.82 Å². The van der Waals surface area contributed by atoms with Gasteiger partial charge in [-0.1, -0.05) is 13.3 Å². The van der Waals surface area contributed by atoms with E-state index in [1.807, 2.05) is 0 Å². The zero-order chi connectivity index (χ0) is 10.6. The molecule has 1 heterocycles. The molecule has 5 heteroatoms. The third kappa shape index (κ3) is 2.48. The molecule has 0 aliphatic heterocycles. The topological polar surface area (TPSA) is 87.0 Å². The summed E-state index contributed by atoms with van der Waals surface area (Å²) < 4.78 is 5.38. The summed E-state index contributed by atoms with van der Waals surface area (Å²) in [7, 11) is 0. The van der Waals surface area contributed by atoms with E-state index in [0.717, 1.165) is 12.8 Å². The van der Waals surface area contributed by atoms with Crippen LogP contribution in [0.25, 0.3) is 0 Å². The molecule has 0 aliphatic carbocycles. The van der Waals surface area contributed by atoms with E-state index in [4.69, 9.17) is 16.2 Å². The normalized spacial score (nSPS) is 10.1. The number of anilines is 2. The SMILES string of the molecule is CCCCOc1nc(C)nc(N)c1N. The fourth-order valence-corrected chi connectivity index (χ4v) is 0.999. The van der Waals surface area contributed by atoms with Gasteiger partial charge in [0.1, 0.15) is 11.5 Å². The Balaban J connectivity index is 2.75. The van der Waals surface area contributed by atoms with Crippen molar-refractivity contribution in [3.8, 4) is 5.88 Å². The van der Waals surface area contributed by atoms with Gasteiger partial charge in [0.2, 0.25) is 5.88 Å². The van der Waals surface area contributed by atoms with Gasteiger partial charge in [-0.15, -0.1) is 0 Å². The summed E-state index contributed by atoms with van der Waals surface area (Å²) >= 11 is 0. The highest BCUT2D eigenvalue weighted by molar-refractivity contribution is 5.64. The predicted octanol–water partition coefficient (Wildman–Crippen LogP) is 1.13. The van der Waals surface area contributed by atoms with Crippen LogP contribution in [0.15, 0.2) is 0 Å². The smallest absolute Gasteiger partial charge is 0.242 e. The maximum atomic E-state index is 5.66. The molecule has 4 N–H and O–H groups in total. The molecule has 0 saturated carbocycles. The monoisotopic (exact) mass is 196 g/mol. The molecule has 0 aliphatic rings. The zero-order valence-corrected chi connectivity index (χ0v) is 8.58. The van der Waals surface area contributed by atoms with Gasteiger partial charge in [-0.3, -0.25) is 0 Å². The summed E-state index contributed by atoms with van der Waals surface area (Å²) in [6.07, 6.45) is 2.04. The Labute approximate surface area is 83.5 Å². The van der Waals surface area contributed by atoms with E-state index in [9.17, 15) is 0 Å². The van der Waals surface area contributed by atoms with Crippen molar-refractivity contribution in [1.29, 1.82) is 0 Å². The molecule has 1 aromatic heterocycles. The molecule has 0 bridgehead atoms. The van der Waals surface area contributed by atoms with E-state index >= 15 is 0 Å². The van der Waals surface area contributed by atoms with Crippen molar-refractivity contribution in [2.45, 2.75) is 26.7 Å². The van der Waals surface area contributed by atoms with Crippen LogP contribution in [0.3, 0.4) is 0 Å². The number of aryl methyl sites for hydroxylation is 1. The molecule has 0 saturated heterocycles. The van der Waals surface area contributed by atoms with E-state index in [1.165, 1.54) is 0 Å². The fraction of sp³-hybridized carbons (Fsp3) is 0.556. The molecular formula is C9H16N4O. The predicted molar refractivity (Wildman–Crippen MR) is 56.0 cm³/mol. The molecule has 0 unspecified atom stereocenters. The van der Waals surface area contributed by atoms with Crippen molar-refractivity contribution >= 4 is 11.5 Å². The van der Waals surface area contributed by atoms with Crippen LogP contribution in [0.2, 0.25) is 0 Å². The minimum absolute atomic E-state index is 0.281. The number of hydrogen-bond donors (Lipinski definition) is 2. The molecule has 0 radical (unpaired) electrons. The number of hydrogen-bond acceptors (Lipinski definition) is 5. The van der Waals surface area contributed by atoms with Gasteiger partial charge < -0.3 is 16.2 Å². The second-order valence-corrected chi connectivity index (χ2v) is 3.08. The molecule has 0 fully saturated rings. The second-order valence-electron chi connectivity index (χ2n) is 3.08. The average Bonchev–Trinajstić information content (AvgIpc) is 2.13. The highest BCUT2D eigenvalue weighted by Gasteiger charge is 2.07. The minimum atomic E-state index is 0.281. The maximum absolute atomic E-state index is 5.66. The molecule has 5 nitrogen and oxygen atoms in total. The summed E-state index contributed by atoms with van der Waals surface area (Å²) in [5, 5.41) is 0. The maximum Gasteiger partial charge on any atom is 0.242 e. The van der Waals surface area contributed by atoms with Crippen LogP contribution in [0, 0.1) is 6.92 Å². The van der Waals surface area contributed by atoms with Crippen molar-refractivity contribution in [3.63, 3.8) is 0 Å².